The second-order valence-corrected chi connectivity index (χ2v) is 5.53. The normalized spacial score (nSPS) is 14.1. The molecule has 0 spiro atoms. The van der Waals surface area contributed by atoms with E-state index in [2.05, 4.69) is 36.7 Å². The SMILES string of the molecule is CC(C)(C)[C@@H](N)c1cc(Br)ccc1N. The highest BCUT2D eigenvalue weighted by molar-refractivity contribution is 9.10. The molecule has 0 aromatic heterocycles. The van der Waals surface area contributed by atoms with E-state index in [-0.39, 0.29) is 11.5 Å². The lowest BCUT2D eigenvalue weighted by Crippen LogP contribution is -2.27. The van der Waals surface area contributed by atoms with E-state index in [1.165, 1.54) is 0 Å². The Morgan fingerprint density at radius 3 is 2.36 bits per heavy atom. The fourth-order valence-corrected chi connectivity index (χ4v) is 1.66. The Morgan fingerprint density at radius 2 is 1.86 bits per heavy atom. The summed E-state index contributed by atoms with van der Waals surface area (Å²) < 4.78 is 1.02. The Kier molecular flexibility index (Phi) is 3.22. The van der Waals surface area contributed by atoms with Crippen molar-refractivity contribution >= 4 is 21.6 Å². The van der Waals surface area contributed by atoms with Gasteiger partial charge in [-0.1, -0.05) is 36.7 Å². The molecule has 0 fully saturated rings. The second kappa shape index (κ2) is 3.91. The van der Waals surface area contributed by atoms with Crippen molar-refractivity contribution in [1.29, 1.82) is 0 Å². The van der Waals surface area contributed by atoms with Crippen LogP contribution >= 0.6 is 15.9 Å². The highest BCUT2D eigenvalue weighted by atomic mass is 79.9. The number of hydrogen-bond acceptors (Lipinski definition) is 2. The van der Waals surface area contributed by atoms with Crippen molar-refractivity contribution in [2.75, 3.05) is 5.73 Å². The molecule has 14 heavy (non-hydrogen) atoms. The van der Waals surface area contributed by atoms with E-state index >= 15 is 0 Å². The van der Waals surface area contributed by atoms with E-state index in [9.17, 15) is 0 Å². The van der Waals surface area contributed by atoms with Crippen LogP contribution in [0.5, 0.6) is 0 Å². The van der Waals surface area contributed by atoms with Gasteiger partial charge < -0.3 is 11.5 Å². The van der Waals surface area contributed by atoms with Crippen molar-refractivity contribution in [3.8, 4) is 0 Å². The van der Waals surface area contributed by atoms with Gasteiger partial charge in [-0.2, -0.15) is 0 Å². The monoisotopic (exact) mass is 256 g/mol. The first-order chi connectivity index (χ1) is 6.32. The lowest BCUT2D eigenvalue weighted by Gasteiger charge is -2.28. The maximum atomic E-state index is 6.14. The Hall–Kier alpha value is -0.540. The minimum Gasteiger partial charge on any atom is -0.398 e. The summed E-state index contributed by atoms with van der Waals surface area (Å²) in [6.45, 7) is 6.33. The molecule has 78 valence electrons. The van der Waals surface area contributed by atoms with Gasteiger partial charge in [-0.05, 0) is 29.2 Å². The van der Waals surface area contributed by atoms with Gasteiger partial charge in [0.15, 0.2) is 0 Å². The van der Waals surface area contributed by atoms with Crippen molar-refractivity contribution in [1.82, 2.24) is 0 Å². The molecule has 1 aromatic rings. The second-order valence-electron chi connectivity index (χ2n) is 4.62. The molecule has 0 heterocycles. The molecular formula is C11H17BrN2. The quantitative estimate of drug-likeness (QED) is 0.759. The first-order valence-electron chi connectivity index (χ1n) is 4.63. The van der Waals surface area contributed by atoms with Crippen LogP contribution in [0.1, 0.15) is 32.4 Å². The molecule has 0 saturated heterocycles. The highest BCUT2D eigenvalue weighted by Crippen LogP contribution is 2.34. The van der Waals surface area contributed by atoms with E-state index in [0.29, 0.717) is 0 Å². The van der Waals surface area contributed by atoms with Crippen LogP contribution < -0.4 is 11.5 Å². The molecule has 4 N–H and O–H groups in total. The van der Waals surface area contributed by atoms with Crippen molar-refractivity contribution in [3.63, 3.8) is 0 Å². The third kappa shape index (κ3) is 2.49. The molecule has 1 atom stereocenters. The van der Waals surface area contributed by atoms with Gasteiger partial charge in [0.25, 0.3) is 0 Å². The van der Waals surface area contributed by atoms with Crippen molar-refractivity contribution in [2.45, 2.75) is 26.8 Å². The smallest absolute Gasteiger partial charge is 0.0365 e. The summed E-state index contributed by atoms with van der Waals surface area (Å²) in [7, 11) is 0. The van der Waals surface area contributed by atoms with Crippen LogP contribution in [0.4, 0.5) is 5.69 Å². The number of rotatable bonds is 1. The zero-order chi connectivity index (χ0) is 10.9. The van der Waals surface area contributed by atoms with Crippen LogP contribution in [-0.4, -0.2) is 0 Å². The Balaban J connectivity index is 3.12. The number of benzene rings is 1. The first kappa shape index (κ1) is 11.5. The number of nitrogens with two attached hydrogens (primary N) is 2. The van der Waals surface area contributed by atoms with Gasteiger partial charge in [-0.3, -0.25) is 0 Å². The molecule has 0 aliphatic rings. The Labute approximate surface area is 93.8 Å². The van der Waals surface area contributed by atoms with Gasteiger partial charge in [-0.25, -0.2) is 0 Å². The van der Waals surface area contributed by atoms with Crippen LogP contribution in [0.3, 0.4) is 0 Å². The molecule has 3 heteroatoms. The molecule has 1 aromatic carbocycles. The number of hydrogen-bond donors (Lipinski definition) is 2. The van der Waals surface area contributed by atoms with Crippen LogP contribution in [-0.2, 0) is 0 Å². The lowest BCUT2D eigenvalue weighted by atomic mass is 9.82. The number of halogens is 1. The predicted octanol–water partition coefficient (Wildman–Crippen LogP) is 3.08. The molecule has 0 amide bonds. The Bertz CT molecular complexity index is 329. The maximum absolute atomic E-state index is 6.14. The first-order valence-corrected chi connectivity index (χ1v) is 5.42. The third-order valence-electron chi connectivity index (χ3n) is 2.32. The average Bonchev–Trinajstić information content (AvgIpc) is 2.06. The van der Waals surface area contributed by atoms with Crippen molar-refractivity contribution in [2.24, 2.45) is 11.1 Å². The summed E-state index contributed by atoms with van der Waals surface area (Å²) in [6, 6.07) is 5.75. The van der Waals surface area contributed by atoms with Gasteiger partial charge in [0, 0.05) is 16.2 Å². The molecule has 0 aliphatic heterocycles. The summed E-state index contributed by atoms with van der Waals surface area (Å²) in [6.07, 6.45) is 0. The van der Waals surface area contributed by atoms with Gasteiger partial charge in [0.1, 0.15) is 0 Å². The molecule has 1 rings (SSSR count). The average molecular weight is 257 g/mol. The van der Waals surface area contributed by atoms with Crippen LogP contribution in [0, 0.1) is 5.41 Å². The summed E-state index contributed by atoms with van der Waals surface area (Å²) in [5.41, 5.74) is 13.8. The fourth-order valence-electron chi connectivity index (χ4n) is 1.28. The van der Waals surface area contributed by atoms with Gasteiger partial charge in [-0.15, -0.1) is 0 Å². The minimum atomic E-state index is -0.0417. The summed E-state index contributed by atoms with van der Waals surface area (Å²) >= 11 is 3.42. The van der Waals surface area contributed by atoms with Crippen LogP contribution in [0.2, 0.25) is 0 Å². The van der Waals surface area contributed by atoms with Gasteiger partial charge in [0.05, 0.1) is 0 Å². The number of anilines is 1. The molecule has 0 radical (unpaired) electrons. The fraction of sp³-hybridized carbons (Fsp3) is 0.455. The minimum absolute atomic E-state index is 0.0227. The molecular weight excluding hydrogens is 240 g/mol. The molecule has 0 saturated carbocycles. The lowest BCUT2D eigenvalue weighted by molar-refractivity contribution is 0.327. The summed E-state index contributed by atoms with van der Waals surface area (Å²) in [4.78, 5) is 0. The van der Waals surface area contributed by atoms with Gasteiger partial charge in [0.2, 0.25) is 0 Å². The standard InChI is InChI=1S/C11H17BrN2/c1-11(2,3)10(14)8-6-7(12)4-5-9(8)13/h4-6,10H,13-14H2,1-3H3/t10-/m0/s1. The Morgan fingerprint density at radius 1 is 1.29 bits per heavy atom. The third-order valence-corrected chi connectivity index (χ3v) is 2.81. The van der Waals surface area contributed by atoms with Crippen molar-refractivity contribution < 1.29 is 0 Å². The largest absolute Gasteiger partial charge is 0.398 e. The van der Waals surface area contributed by atoms with E-state index in [0.717, 1.165) is 15.7 Å². The zero-order valence-electron chi connectivity index (χ0n) is 8.84. The molecule has 0 unspecified atom stereocenters. The zero-order valence-corrected chi connectivity index (χ0v) is 10.4. The van der Waals surface area contributed by atoms with Crippen LogP contribution in [0.25, 0.3) is 0 Å². The molecule has 2 nitrogen and oxygen atoms in total. The van der Waals surface area contributed by atoms with Crippen LogP contribution in [0.15, 0.2) is 22.7 Å². The number of nitrogen functional groups attached to an aromatic ring is 1. The summed E-state index contributed by atoms with van der Waals surface area (Å²) in [5, 5.41) is 0. The highest BCUT2D eigenvalue weighted by Gasteiger charge is 2.23. The van der Waals surface area contributed by atoms with Crippen molar-refractivity contribution in [3.05, 3.63) is 28.2 Å². The molecule has 0 aliphatic carbocycles. The maximum Gasteiger partial charge on any atom is 0.0365 e. The molecule has 0 bridgehead atoms. The van der Waals surface area contributed by atoms with E-state index in [1.807, 2.05) is 18.2 Å². The van der Waals surface area contributed by atoms with E-state index in [1.54, 1.807) is 0 Å². The van der Waals surface area contributed by atoms with E-state index in [4.69, 9.17) is 11.5 Å². The predicted molar refractivity (Wildman–Crippen MR) is 64.9 cm³/mol. The topological polar surface area (TPSA) is 52.0 Å². The van der Waals surface area contributed by atoms with E-state index < -0.39 is 0 Å². The summed E-state index contributed by atoms with van der Waals surface area (Å²) in [5.74, 6) is 0. The van der Waals surface area contributed by atoms with Gasteiger partial charge >= 0.3 is 0 Å².